The van der Waals surface area contributed by atoms with Gasteiger partial charge in [0.2, 0.25) is 0 Å². The van der Waals surface area contributed by atoms with E-state index in [1.807, 2.05) is 6.07 Å². The van der Waals surface area contributed by atoms with E-state index in [1.165, 1.54) is 0 Å². The fourth-order valence-corrected chi connectivity index (χ4v) is 2.52. The van der Waals surface area contributed by atoms with Gasteiger partial charge < -0.3 is 4.57 Å². The lowest BCUT2D eigenvalue weighted by Gasteiger charge is -2.24. The van der Waals surface area contributed by atoms with Gasteiger partial charge in [0.25, 0.3) is 0 Å². The first-order chi connectivity index (χ1) is 8.46. The lowest BCUT2D eigenvalue weighted by molar-refractivity contribution is 0.295. The summed E-state index contributed by atoms with van der Waals surface area (Å²) in [5, 5.41) is 0. The number of benzene rings is 1. The van der Waals surface area contributed by atoms with Crippen LogP contribution in [0.25, 0.3) is 11.0 Å². The Morgan fingerprint density at radius 1 is 1.39 bits per heavy atom. The van der Waals surface area contributed by atoms with Gasteiger partial charge in [0, 0.05) is 11.0 Å². The number of fused-ring (bicyclic) bond motifs is 1. The topological polar surface area (TPSA) is 17.8 Å². The highest BCUT2D eigenvalue weighted by molar-refractivity contribution is 9.10. The van der Waals surface area contributed by atoms with Gasteiger partial charge in [0.15, 0.2) is 0 Å². The first kappa shape index (κ1) is 13.9. The zero-order valence-electron chi connectivity index (χ0n) is 11.0. The fraction of sp³-hybridized carbons (Fsp3) is 0.500. The molecule has 0 atom stereocenters. The molecular weight excluding hydrogens is 312 g/mol. The molecule has 2 nitrogen and oxygen atoms in total. The predicted molar refractivity (Wildman–Crippen MR) is 81.1 cm³/mol. The molecule has 98 valence electrons. The molecule has 2 aromatic rings. The highest BCUT2D eigenvalue weighted by Gasteiger charge is 2.20. The molecule has 0 radical (unpaired) electrons. The smallest absolute Gasteiger partial charge is 0.124 e. The van der Waals surface area contributed by atoms with Gasteiger partial charge in [-0.15, -0.1) is 11.6 Å². The van der Waals surface area contributed by atoms with E-state index in [4.69, 9.17) is 11.6 Å². The molecule has 2 rings (SSSR count). The quantitative estimate of drug-likeness (QED) is 0.724. The van der Waals surface area contributed by atoms with E-state index in [2.05, 4.69) is 58.4 Å². The van der Waals surface area contributed by atoms with Crippen LogP contribution in [0.2, 0.25) is 0 Å². The lowest BCUT2D eigenvalue weighted by atomic mass is 9.90. The van der Waals surface area contributed by atoms with Gasteiger partial charge >= 0.3 is 0 Å². The Labute approximate surface area is 121 Å². The average Bonchev–Trinajstić information content (AvgIpc) is 2.66. The summed E-state index contributed by atoms with van der Waals surface area (Å²) < 4.78 is 3.30. The molecule has 18 heavy (non-hydrogen) atoms. The summed E-state index contributed by atoms with van der Waals surface area (Å²) in [6.07, 6.45) is 1.13. The Morgan fingerprint density at radius 2 is 2.11 bits per heavy atom. The minimum absolute atomic E-state index is 0.252. The Morgan fingerprint density at radius 3 is 2.72 bits per heavy atom. The van der Waals surface area contributed by atoms with E-state index >= 15 is 0 Å². The van der Waals surface area contributed by atoms with Gasteiger partial charge in [0.1, 0.15) is 5.82 Å². The summed E-state index contributed by atoms with van der Waals surface area (Å²) >= 11 is 9.50. The van der Waals surface area contributed by atoms with Crippen molar-refractivity contribution >= 4 is 38.6 Å². The maximum atomic E-state index is 6.02. The van der Waals surface area contributed by atoms with Crippen LogP contribution in [0.1, 0.15) is 33.0 Å². The van der Waals surface area contributed by atoms with Crippen molar-refractivity contribution in [1.82, 2.24) is 9.55 Å². The van der Waals surface area contributed by atoms with Gasteiger partial charge in [0.05, 0.1) is 16.9 Å². The molecule has 0 unspecified atom stereocenters. The summed E-state index contributed by atoms with van der Waals surface area (Å²) in [6, 6.07) is 6.20. The number of hydrogen-bond donors (Lipinski definition) is 0. The largest absolute Gasteiger partial charge is 0.326 e. The van der Waals surface area contributed by atoms with E-state index in [9.17, 15) is 0 Å². The van der Waals surface area contributed by atoms with Gasteiger partial charge in [-0.3, -0.25) is 0 Å². The molecule has 0 amide bonds. The number of alkyl halides is 1. The van der Waals surface area contributed by atoms with Crippen LogP contribution in [-0.2, 0) is 12.4 Å². The number of rotatable bonds is 4. The van der Waals surface area contributed by atoms with Crippen LogP contribution >= 0.6 is 27.5 Å². The molecule has 0 aliphatic heterocycles. The van der Waals surface area contributed by atoms with Crippen LogP contribution in [0.3, 0.4) is 0 Å². The van der Waals surface area contributed by atoms with Crippen molar-refractivity contribution in [3.05, 3.63) is 28.5 Å². The monoisotopic (exact) mass is 328 g/mol. The first-order valence-electron chi connectivity index (χ1n) is 6.17. The van der Waals surface area contributed by atoms with Crippen molar-refractivity contribution in [3.63, 3.8) is 0 Å². The molecule has 0 bridgehead atoms. The number of imidazole rings is 1. The van der Waals surface area contributed by atoms with Crippen LogP contribution in [0.5, 0.6) is 0 Å². The highest BCUT2D eigenvalue weighted by atomic mass is 79.9. The van der Waals surface area contributed by atoms with Crippen LogP contribution in [0.15, 0.2) is 22.7 Å². The Hall–Kier alpha value is -0.540. The SMILES string of the molecule is CCC(C)(C)Cn1c(CCl)nc2cc(Br)ccc21. The molecule has 0 spiro atoms. The van der Waals surface area contributed by atoms with E-state index in [1.54, 1.807) is 0 Å². The Kier molecular flexibility index (Phi) is 4.02. The summed E-state index contributed by atoms with van der Waals surface area (Å²) in [5.41, 5.74) is 2.42. The van der Waals surface area contributed by atoms with E-state index in [0.717, 1.165) is 34.3 Å². The van der Waals surface area contributed by atoms with E-state index < -0.39 is 0 Å². The molecule has 4 heteroatoms. The molecule has 0 saturated heterocycles. The second kappa shape index (κ2) is 5.22. The second-order valence-corrected chi connectivity index (χ2v) is 6.58. The number of hydrogen-bond acceptors (Lipinski definition) is 1. The molecule has 0 fully saturated rings. The molecule has 1 aromatic carbocycles. The van der Waals surface area contributed by atoms with Crippen LogP contribution in [0, 0.1) is 5.41 Å². The number of nitrogens with zero attached hydrogens (tertiary/aromatic N) is 2. The average molecular weight is 330 g/mol. The molecule has 0 N–H and O–H groups in total. The fourth-order valence-electron chi connectivity index (χ4n) is 1.97. The van der Waals surface area contributed by atoms with Crippen molar-refractivity contribution < 1.29 is 0 Å². The van der Waals surface area contributed by atoms with Gasteiger partial charge in [-0.25, -0.2) is 4.98 Å². The van der Waals surface area contributed by atoms with Gasteiger partial charge in [-0.05, 0) is 30.0 Å². The molecule has 1 heterocycles. The van der Waals surface area contributed by atoms with Gasteiger partial charge in [-0.2, -0.15) is 0 Å². The summed E-state index contributed by atoms with van der Waals surface area (Å²) in [5.74, 6) is 1.40. The maximum Gasteiger partial charge on any atom is 0.124 e. The maximum absolute atomic E-state index is 6.02. The molecule has 1 aromatic heterocycles. The predicted octanol–water partition coefficient (Wildman–Crippen LogP) is 4.97. The van der Waals surface area contributed by atoms with Crippen LogP contribution in [-0.4, -0.2) is 9.55 Å². The number of halogens is 2. The minimum atomic E-state index is 0.252. The van der Waals surface area contributed by atoms with E-state index in [-0.39, 0.29) is 5.41 Å². The molecule has 0 aliphatic carbocycles. The first-order valence-corrected chi connectivity index (χ1v) is 7.50. The minimum Gasteiger partial charge on any atom is -0.326 e. The van der Waals surface area contributed by atoms with Crippen molar-refractivity contribution in [2.24, 2.45) is 5.41 Å². The van der Waals surface area contributed by atoms with E-state index in [0.29, 0.717) is 5.88 Å². The molecule has 0 saturated carbocycles. The van der Waals surface area contributed by atoms with Crippen LogP contribution < -0.4 is 0 Å². The third-order valence-corrected chi connectivity index (χ3v) is 4.18. The zero-order valence-corrected chi connectivity index (χ0v) is 13.3. The molecular formula is C14H18BrClN2. The summed E-state index contributed by atoms with van der Waals surface area (Å²) in [4.78, 5) is 4.61. The van der Waals surface area contributed by atoms with Crippen molar-refractivity contribution in [2.75, 3.05) is 0 Å². The standard InChI is InChI=1S/C14H18BrClN2/c1-4-14(2,3)9-18-12-6-5-10(15)7-11(12)17-13(18)8-16/h5-7H,4,8-9H2,1-3H3. The zero-order chi connectivity index (χ0) is 13.3. The lowest BCUT2D eigenvalue weighted by Crippen LogP contribution is -2.19. The van der Waals surface area contributed by atoms with Crippen LogP contribution in [0.4, 0.5) is 0 Å². The third kappa shape index (κ3) is 2.72. The summed E-state index contributed by atoms with van der Waals surface area (Å²) in [7, 11) is 0. The van der Waals surface area contributed by atoms with Crippen molar-refractivity contribution in [2.45, 2.75) is 39.6 Å². The van der Waals surface area contributed by atoms with Crippen molar-refractivity contribution in [1.29, 1.82) is 0 Å². The Bertz CT molecular complexity index is 560. The molecule has 0 aliphatic rings. The third-order valence-electron chi connectivity index (χ3n) is 3.45. The highest BCUT2D eigenvalue weighted by Crippen LogP contribution is 2.28. The van der Waals surface area contributed by atoms with Gasteiger partial charge in [-0.1, -0.05) is 36.7 Å². The number of aromatic nitrogens is 2. The normalized spacial score (nSPS) is 12.3. The Balaban J connectivity index is 2.53. The second-order valence-electron chi connectivity index (χ2n) is 5.40. The summed E-state index contributed by atoms with van der Waals surface area (Å²) in [6.45, 7) is 7.71. The van der Waals surface area contributed by atoms with Crippen molar-refractivity contribution in [3.8, 4) is 0 Å².